The van der Waals surface area contributed by atoms with Crippen LogP contribution in [-0.2, 0) is 9.05 Å². The van der Waals surface area contributed by atoms with Crippen LogP contribution in [0.15, 0.2) is 18.2 Å². The molecule has 1 saturated heterocycles. The first-order chi connectivity index (χ1) is 8.21. The van der Waals surface area contributed by atoms with Gasteiger partial charge < -0.3 is 9.79 Å². The van der Waals surface area contributed by atoms with Crippen molar-refractivity contribution in [2.75, 3.05) is 6.61 Å². The van der Waals surface area contributed by atoms with E-state index < -0.39 is 19.7 Å². The summed E-state index contributed by atoms with van der Waals surface area (Å²) in [5.41, 5.74) is 0.244. The van der Waals surface area contributed by atoms with E-state index in [0.29, 0.717) is 15.6 Å². The van der Waals surface area contributed by atoms with Gasteiger partial charge in [-0.05, 0) is 12.1 Å². The molecule has 1 radical (unpaired) electrons. The second kappa shape index (κ2) is 4.88. The number of rotatable bonds is 1. The van der Waals surface area contributed by atoms with E-state index in [0.717, 1.165) is 0 Å². The predicted octanol–water partition coefficient (Wildman–Crippen LogP) is 3.77. The largest absolute Gasteiger partial charge is 0.375 e. The maximum absolute atomic E-state index is 9.54. The smallest absolute Gasteiger partial charge is 0.314 e. The van der Waals surface area contributed by atoms with Crippen molar-refractivity contribution in [3.05, 3.63) is 33.8 Å². The minimum absolute atomic E-state index is 0.178. The van der Waals surface area contributed by atoms with Gasteiger partial charge in [0.05, 0.1) is 6.61 Å². The topological polar surface area (TPSA) is 58.9 Å². The Morgan fingerprint density at radius 1 is 1.33 bits per heavy atom. The highest BCUT2D eigenvalue weighted by Crippen LogP contribution is 2.64. The lowest BCUT2D eigenvalue weighted by Crippen LogP contribution is -2.34. The molecule has 1 unspecified atom stereocenters. The maximum Gasteiger partial charge on any atom is 0.375 e. The fourth-order valence-electron chi connectivity index (χ4n) is 1.83. The molecule has 0 saturated carbocycles. The molecule has 1 aromatic rings. The summed E-state index contributed by atoms with van der Waals surface area (Å²) in [6.45, 7) is 3.99. The fraction of sp³-hybridized carbons (Fsp3) is 0.455. The molecule has 0 bridgehead atoms. The first kappa shape index (κ1) is 14.5. The highest BCUT2D eigenvalue weighted by Gasteiger charge is 2.46. The van der Waals surface area contributed by atoms with Crippen molar-refractivity contribution < 1.29 is 18.8 Å². The average molecular weight is 312 g/mol. The summed E-state index contributed by atoms with van der Waals surface area (Å²) in [7, 11) is -3.76. The molecule has 7 heteroatoms. The van der Waals surface area contributed by atoms with Gasteiger partial charge in [0.25, 0.3) is 0 Å². The summed E-state index contributed by atoms with van der Waals surface area (Å²) in [4.78, 5) is 19.1. The molecule has 2 rings (SSSR count). The highest BCUT2D eigenvalue weighted by molar-refractivity contribution is 7.54. The normalized spacial score (nSPS) is 26.0. The van der Waals surface area contributed by atoms with E-state index in [-0.39, 0.29) is 6.61 Å². The van der Waals surface area contributed by atoms with Gasteiger partial charge in [-0.15, -0.1) is 0 Å². The molecule has 0 amide bonds. The highest BCUT2D eigenvalue weighted by atomic mass is 35.5. The van der Waals surface area contributed by atoms with Gasteiger partial charge in [-0.1, -0.05) is 43.1 Å². The summed E-state index contributed by atoms with van der Waals surface area (Å²) in [6.07, 6.45) is -0.556. The summed E-state index contributed by atoms with van der Waals surface area (Å²) >= 11 is 12.0. The molecule has 18 heavy (non-hydrogen) atoms. The number of benzene rings is 1. The molecule has 1 aliphatic heterocycles. The van der Waals surface area contributed by atoms with Crippen molar-refractivity contribution in [2.45, 2.75) is 20.0 Å². The summed E-state index contributed by atoms with van der Waals surface area (Å²) in [5.74, 6) is 0. The van der Waals surface area contributed by atoms with Gasteiger partial charge in [0.2, 0.25) is 0 Å². The van der Waals surface area contributed by atoms with Crippen molar-refractivity contribution in [2.24, 2.45) is 5.41 Å². The molecule has 4 nitrogen and oxygen atoms in total. The molecule has 2 N–H and O–H groups in total. The Balaban J connectivity index is 2.39. The number of halogens is 2. The van der Waals surface area contributed by atoms with Crippen LogP contribution in [0.3, 0.4) is 0 Å². The molecule has 1 heterocycles. The Morgan fingerprint density at radius 2 is 2.00 bits per heavy atom. The van der Waals surface area contributed by atoms with Gasteiger partial charge in [-0.25, -0.2) is 0 Å². The zero-order chi connectivity index (χ0) is 13.6. The van der Waals surface area contributed by atoms with Crippen LogP contribution >= 0.6 is 31.4 Å². The Morgan fingerprint density at radius 3 is 2.61 bits per heavy atom. The molecule has 0 aliphatic carbocycles. The molecule has 1 atom stereocenters. The zero-order valence-electron chi connectivity index (χ0n) is 9.93. The van der Waals surface area contributed by atoms with Crippen molar-refractivity contribution >= 4 is 31.4 Å². The molecule has 0 spiro atoms. The number of hydrogen-bond donors (Lipinski definition) is 2. The third kappa shape index (κ3) is 2.97. The van der Waals surface area contributed by atoms with Crippen LogP contribution < -0.4 is 0 Å². The van der Waals surface area contributed by atoms with Crippen LogP contribution in [0.25, 0.3) is 0 Å². The Hall–Kier alpha value is 0.0700. The van der Waals surface area contributed by atoms with E-state index in [1.165, 1.54) is 0 Å². The first-order valence-corrected chi connectivity index (χ1v) is 7.62. The van der Waals surface area contributed by atoms with Gasteiger partial charge >= 0.3 is 8.17 Å². The lowest BCUT2D eigenvalue weighted by molar-refractivity contribution is -0.0632. The van der Waals surface area contributed by atoms with Crippen LogP contribution in [0.1, 0.15) is 25.5 Å². The lowest BCUT2D eigenvalue weighted by Gasteiger charge is -2.43. The van der Waals surface area contributed by atoms with Crippen LogP contribution in [0.5, 0.6) is 0 Å². The fourth-order valence-corrected chi connectivity index (χ4v) is 3.57. The van der Waals surface area contributed by atoms with E-state index >= 15 is 0 Å². The van der Waals surface area contributed by atoms with Crippen molar-refractivity contribution in [1.29, 1.82) is 0 Å². The minimum atomic E-state index is -3.76. The van der Waals surface area contributed by atoms with Crippen LogP contribution in [0.4, 0.5) is 0 Å². The van der Waals surface area contributed by atoms with Gasteiger partial charge in [0.15, 0.2) is 0 Å². The predicted molar refractivity (Wildman–Crippen MR) is 71.4 cm³/mol. The lowest BCUT2D eigenvalue weighted by atomic mass is 9.83. The van der Waals surface area contributed by atoms with E-state index in [2.05, 4.69) is 0 Å². The van der Waals surface area contributed by atoms with Crippen molar-refractivity contribution in [3.8, 4) is 0 Å². The van der Waals surface area contributed by atoms with Gasteiger partial charge in [-0.3, -0.25) is 9.05 Å². The third-order valence-electron chi connectivity index (χ3n) is 2.80. The second-order valence-electron chi connectivity index (χ2n) is 4.90. The quantitative estimate of drug-likeness (QED) is 0.775. The van der Waals surface area contributed by atoms with Gasteiger partial charge in [-0.2, -0.15) is 0 Å². The van der Waals surface area contributed by atoms with Crippen LogP contribution in [0.2, 0.25) is 10.0 Å². The first-order valence-electron chi connectivity index (χ1n) is 5.34. The SMILES string of the molecule is CC1(C)CO[P](O)(O)OC1c1ccc(Cl)cc1Cl. The maximum atomic E-state index is 9.54. The van der Waals surface area contributed by atoms with Crippen molar-refractivity contribution in [3.63, 3.8) is 0 Å². The van der Waals surface area contributed by atoms with Crippen molar-refractivity contribution in [1.82, 2.24) is 0 Å². The van der Waals surface area contributed by atoms with Gasteiger partial charge in [0, 0.05) is 21.0 Å². The molecule has 1 aromatic carbocycles. The van der Waals surface area contributed by atoms with E-state index in [1.54, 1.807) is 18.2 Å². The monoisotopic (exact) mass is 311 g/mol. The summed E-state index contributed by atoms with van der Waals surface area (Å²) < 4.78 is 10.2. The Labute approximate surface area is 116 Å². The van der Waals surface area contributed by atoms with E-state index in [4.69, 9.17) is 32.2 Å². The third-order valence-corrected chi connectivity index (χ3v) is 4.32. The molecular formula is C11H14Cl2O4P. The number of hydrogen-bond acceptors (Lipinski definition) is 4. The Bertz CT molecular complexity index is 464. The average Bonchev–Trinajstić information content (AvgIpc) is 2.23. The Kier molecular flexibility index (Phi) is 3.92. The molecule has 1 fully saturated rings. The van der Waals surface area contributed by atoms with E-state index in [9.17, 15) is 9.79 Å². The van der Waals surface area contributed by atoms with Crippen LogP contribution in [-0.4, -0.2) is 16.4 Å². The zero-order valence-corrected chi connectivity index (χ0v) is 12.3. The van der Waals surface area contributed by atoms with E-state index in [1.807, 2.05) is 13.8 Å². The standard InChI is InChI=1S/C11H14Cl2O4P/c1-11(2)6-16-18(14,15)17-10(11)8-4-3-7(12)5-9(8)13/h3-5,10,14-15H,6H2,1-2H3. The van der Waals surface area contributed by atoms with Crippen LogP contribution in [0, 0.1) is 5.41 Å². The molecular weight excluding hydrogens is 298 g/mol. The summed E-state index contributed by atoms with van der Waals surface area (Å²) in [5, 5.41) is 0.949. The molecule has 0 aromatic heterocycles. The second-order valence-corrected chi connectivity index (χ2v) is 7.20. The summed E-state index contributed by atoms with van der Waals surface area (Å²) in [6, 6.07) is 5.01. The minimum Gasteiger partial charge on any atom is -0.314 e. The van der Waals surface area contributed by atoms with Gasteiger partial charge in [0.1, 0.15) is 6.10 Å². The molecule has 101 valence electrons. The molecule has 1 aliphatic rings.